The molecule has 0 heterocycles. The first kappa shape index (κ1) is 23.4. The van der Waals surface area contributed by atoms with E-state index in [2.05, 4.69) is 11.4 Å². The van der Waals surface area contributed by atoms with Crippen LogP contribution in [0.15, 0.2) is 72.0 Å². The van der Waals surface area contributed by atoms with E-state index in [1.54, 1.807) is 36.4 Å². The van der Waals surface area contributed by atoms with Crippen LogP contribution < -0.4 is 11.1 Å². The number of aryl methyl sites for hydroxylation is 1. The van der Waals surface area contributed by atoms with Crippen LogP contribution in [-0.4, -0.2) is 19.0 Å². The third-order valence-corrected chi connectivity index (χ3v) is 4.87. The number of carbonyl (C=O) groups is 2. The number of methoxy groups -OCH3 is 1. The number of nitriles is 1. The number of benzene rings is 2. The van der Waals surface area contributed by atoms with Crippen LogP contribution in [0.2, 0.25) is 0 Å². The SMILES string of the molecule is COC(=O)c1ccc(C(C)NC(=O)/C(=C/C(C)=C\N)CCc2cccc(C#N)c2)cc1. The van der Waals surface area contributed by atoms with Gasteiger partial charge in [-0.2, -0.15) is 5.26 Å². The third kappa shape index (κ3) is 6.86. The molecule has 6 heteroatoms. The van der Waals surface area contributed by atoms with Gasteiger partial charge in [-0.25, -0.2) is 4.79 Å². The number of ether oxygens (including phenoxy) is 1. The molecule has 0 spiro atoms. The summed E-state index contributed by atoms with van der Waals surface area (Å²) >= 11 is 0. The second-order valence-corrected chi connectivity index (χ2v) is 7.20. The molecule has 6 nitrogen and oxygen atoms in total. The van der Waals surface area contributed by atoms with Crippen molar-refractivity contribution in [1.82, 2.24) is 5.32 Å². The van der Waals surface area contributed by atoms with E-state index < -0.39 is 5.97 Å². The van der Waals surface area contributed by atoms with Crippen LogP contribution in [0, 0.1) is 11.3 Å². The van der Waals surface area contributed by atoms with Gasteiger partial charge in [-0.3, -0.25) is 4.79 Å². The molecule has 1 unspecified atom stereocenters. The number of esters is 1. The number of hydrogen-bond acceptors (Lipinski definition) is 5. The van der Waals surface area contributed by atoms with Gasteiger partial charge in [0.2, 0.25) is 5.91 Å². The number of allylic oxidation sites excluding steroid dienone is 2. The Morgan fingerprint density at radius 2 is 1.94 bits per heavy atom. The molecule has 0 saturated heterocycles. The maximum absolute atomic E-state index is 13.0. The monoisotopic (exact) mass is 417 g/mol. The molecule has 0 bridgehead atoms. The van der Waals surface area contributed by atoms with Crippen LogP contribution in [0.25, 0.3) is 0 Å². The quantitative estimate of drug-likeness (QED) is 0.384. The fraction of sp³-hybridized carbons (Fsp3) is 0.240. The van der Waals surface area contributed by atoms with Crippen LogP contribution in [-0.2, 0) is 16.0 Å². The summed E-state index contributed by atoms with van der Waals surface area (Å²) in [5.41, 5.74) is 9.87. The Morgan fingerprint density at radius 3 is 2.55 bits per heavy atom. The van der Waals surface area contributed by atoms with Gasteiger partial charge in [-0.1, -0.05) is 24.3 Å². The summed E-state index contributed by atoms with van der Waals surface area (Å²) in [6.45, 7) is 3.71. The molecule has 160 valence electrons. The average molecular weight is 418 g/mol. The Morgan fingerprint density at radius 1 is 1.23 bits per heavy atom. The molecular formula is C25H27N3O3. The Hall–Kier alpha value is -3.85. The topological polar surface area (TPSA) is 105 Å². The van der Waals surface area contributed by atoms with Crippen molar-refractivity contribution in [2.24, 2.45) is 5.73 Å². The lowest BCUT2D eigenvalue weighted by Crippen LogP contribution is -2.28. The Labute approximate surface area is 183 Å². The molecule has 0 aliphatic carbocycles. The minimum Gasteiger partial charge on any atom is -0.465 e. The van der Waals surface area contributed by atoms with Crippen molar-refractivity contribution < 1.29 is 14.3 Å². The molecule has 0 aromatic heterocycles. The number of nitrogens with one attached hydrogen (secondary N) is 1. The van der Waals surface area contributed by atoms with E-state index in [4.69, 9.17) is 15.7 Å². The predicted octanol–water partition coefficient (Wildman–Crippen LogP) is 3.94. The molecule has 0 aliphatic rings. The van der Waals surface area contributed by atoms with Crippen molar-refractivity contribution in [3.8, 4) is 6.07 Å². The molecule has 0 saturated carbocycles. The van der Waals surface area contributed by atoms with Gasteiger partial charge in [-0.05, 0) is 79.9 Å². The van der Waals surface area contributed by atoms with Crippen LogP contribution in [0.1, 0.15) is 53.4 Å². The smallest absolute Gasteiger partial charge is 0.337 e. The first-order valence-electron chi connectivity index (χ1n) is 9.95. The Bertz CT molecular complexity index is 1030. The van der Waals surface area contributed by atoms with Gasteiger partial charge in [0, 0.05) is 5.57 Å². The minimum atomic E-state index is -0.405. The summed E-state index contributed by atoms with van der Waals surface area (Å²) in [7, 11) is 1.33. The van der Waals surface area contributed by atoms with Gasteiger partial charge < -0.3 is 15.8 Å². The number of nitrogens with two attached hydrogens (primary N) is 1. The van der Waals surface area contributed by atoms with Crippen molar-refractivity contribution in [2.75, 3.05) is 7.11 Å². The highest BCUT2D eigenvalue weighted by Crippen LogP contribution is 2.18. The molecule has 1 atom stereocenters. The van der Waals surface area contributed by atoms with Gasteiger partial charge in [0.25, 0.3) is 0 Å². The first-order valence-corrected chi connectivity index (χ1v) is 9.95. The van der Waals surface area contributed by atoms with Gasteiger partial charge in [0.1, 0.15) is 0 Å². The third-order valence-electron chi connectivity index (χ3n) is 4.87. The summed E-state index contributed by atoms with van der Waals surface area (Å²) < 4.78 is 4.71. The van der Waals surface area contributed by atoms with E-state index in [0.29, 0.717) is 29.5 Å². The van der Waals surface area contributed by atoms with Gasteiger partial charge in [0.05, 0.1) is 30.3 Å². The molecule has 31 heavy (non-hydrogen) atoms. The molecule has 1 amide bonds. The number of carbonyl (C=O) groups excluding carboxylic acids is 2. The lowest BCUT2D eigenvalue weighted by atomic mass is 10.00. The number of amides is 1. The van der Waals surface area contributed by atoms with E-state index in [-0.39, 0.29) is 11.9 Å². The van der Waals surface area contributed by atoms with Crippen molar-refractivity contribution in [1.29, 1.82) is 5.26 Å². The molecule has 0 aliphatic heterocycles. The van der Waals surface area contributed by atoms with Crippen molar-refractivity contribution in [3.05, 3.63) is 94.2 Å². The fourth-order valence-electron chi connectivity index (χ4n) is 3.05. The largest absolute Gasteiger partial charge is 0.465 e. The number of hydrogen-bond donors (Lipinski definition) is 2. The predicted molar refractivity (Wildman–Crippen MR) is 120 cm³/mol. The second kappa shape index (κ2) is 11.4. The summed E-state index contributed by atoms with van der Waals surface area (Å²) in [5, 5.41) is 12.1. The summed E-state index contributed by atoms with van der Waals surface area (Å²) in [5.74, 6) is -0.597. The zero-order chi connectivity index (χ0) is 22.8. The Kier molecular flexibility index (Phi) is 8.59. The molecule has 0 fully saturated rings. The average Bonchev–Trinajstić information content (AvgIpc) is 2.80. The van der Waals surface area contributed by atoms with E-state index in [9.17, 15) is 9.59 Å². The summed E-state index contributed by atoms with van der Waals surface area (Å²) in [4.78, 5) is 24.6. The van der Waals surface area contributed by atoms with E-state index in [0.717, 1.165) is 16.7 Å². The molecular weight excluding hydrogens is 390 g/mol. The number of rotatable bonds is 8. The summed E-state index contributed by atoms with van der Waals surface area (Å²) in [6, 6.07) is 16.1. The molecule has 2 rings (SSSR count). The molecule has 0 radical (unpaired) electrons. The highest BCUT2D eigenvalue weighted by atomic mass is 16.5. The first-order chi connectivity index (χ1) is 14.9. The van der Waals surface area contributed by atoms with Crippen LogP contribution >= 0.6 is 0 Å². The molecule has 3 N–H and O–H groups in total. The highest BCUT2D eigenvalue weighted by Gasteiger charge is 2.15. The molecule has 2 aromatic rings. The lowest BCUT2D eigenvalue weighted by Gasteiger charge is -2.17. The van der Waals surface area contributed by atoms with Gasteiger partial charge >= 0.3 is 5.97 Å². The van der Waals surface area contributed by atoms with Crippen LogP contribution in [0.3, 0.4) is 0 Å². The zero-order valence-corrected chi connectivity index (χ0v) is 18.0. The van der Waals surface area contributed by atoms with E-state index >= 15 is 0 Å². The van der Waals surface area contributed by atoms with Crippen molar-refractivity contribution in [2.45, 2.75) is 32.7 Å². The van der Waals surface area contributed by atoms with Gasteiger partial charge in [0.15, 0.2) is 0 Å². The Balaban J connectivity index is 2.12. The number of nitrogens with zero attached hydrogens (tertiary/aromatic N) is 1. The standard InChI is InChI=1S/C25H27N3O3/c1-17(15-26)13-23(8-7-19-5-4-6-20(14-19)16-27)24(29)28-18(2)21-9-11-22(12-10-21)25(30)31-3/h4-6,9-15,18H,7-8,26H2,1-3H3,(H,28,29)/b17-15-,23-13+. The minimum absolute atomic E-state index is 0.192. The van der Waals surface area contributed by atoms with E-state index in [1.165, 1.54) is 13.3 Å². The normalized spacial score (nSPS) is 12.6. The second-order valence-electron chi connectivity index (χ2n) is 7.20. The van der Waals surface area contributed by atoms with Crippen molar-refractivity contribution >= 4 is 11.9 Å². The van der Waals surface area contributed by atoms with Gasteiger partial charge in [-0.15, -0.1) is 0 Å². The maximum Gasteiger partial charge on any atom is 0.337 e. The fourth-order valence-corrected chi connectivity index (χ4v) is 3.05. The zero-order valence-electron chi connectivity index (χ0n) is 18.0. The van der Waals surface area contributed by atoms with Crippen LogP contribution in [0.5, 0.6) is 0 Å². The van der Waals surface area contributed by atoms with Crippen molar-refractivity contribution in [3.63, 3.8) is 0 Å². The lowest BCUT2D eigenvalue weighted by molar-refractivity contribution is -0.118. The van der Waals surface area contributed by atoms with E-state index in [1.807, 2.05) is 32.0 Å². The molecule has 2 aromatic carbocycles. The summed E-state index contributed by atoms with van der Waals surface area (Å²) in [6.07, 6.45) is 4.35. The van der Waals surface area contributed by atoms with Crippen LogP contribution in [0.4, 0.5) is 0 Å². The highest BCUT2D eigenvalue weighted by molar-refractivity contribution is 5.94. The maximum atomic E-state index is 13.0.